The molecule has 3 heteroatoms. The summed E-state index contributed by atoms with van der Waals surface area (Å²) in [6.45, 7) is 0. The van der Waals surface area contributed by atoms with Gasteiger partial charge in [0.05, 0.1) is 0 Å². The van der Waals surface area contributed by atoms with Crippen LogP contribution in [0, 0.1) is 0 Å². The van der Waals surface area contributed by atoms with Crippen molar-refractivity contribution in [1.29, 1.82) is 0 Å². The van der Waals surface area contributed by atoms with E-state index >= 15 is 0 Å². The second kappa shape index (κ2) is 4.07. The van der Waals surface area contributed by atoms with Crippen LogP contribution in [0.4, 0.5) is 4.39 Å². The maximum absolute atomic E-state index is 12.4. The van der Waals surface area contributed by atoms with Gasteiger partial charge in [-0.2, -0.15) is 0 Å². The average Bonchev–Trinajstić information content (AvgIpc) is 1.64. The van der Waals surface area contributed by atoms with E-state index in [1.54, 1.807) is 0 Å². The summed E-state index contributed by atoms with van der Waals surface area (Å²) < 4.78 is 12.4. The molecule has 0 aromatic carbocycles. The first-order chi connectivity index (χ1) is 3.79. The van der Waals surface area contributed by atoms with Gasteiger partial charge in [-0.3, -0.25) is 0 Å². The van der Waals surface area contributed by atoms with Crippen LogP contribution in [0.5, 0.6) is 0 Å². The van der Waals surface area contributed by atoms with Crippen LogP contribution in [0.15, 0.2) is 0 Å². The zero-order chi connectivity index (χ0) is 5.98. The van der Waals surface area contributed by atoms with Crippen LogP contribution in [-0.2, 0) is 0 Å². The molecule has 0 aromatic rings. The summed E-state index contributed by atoms with van der Waals surface area (Å²) in [7, 11) is 0. The summed E-state index contributed by atoms with van der Waals surface area (Å²) in [5.41, 5.74) is 5.49. The Hall–Kier alpha value is 0.180. The summed E-state index contributed by atoms with van der Waals surface area (Å²) in [6.07, 6.45) is 2.69. The Labute approximate surface area is 61.2 Å². The molecule has 1 nitrogen and oxygen atoms in total. The number of rotatable bonds is 0. The van der Waals surface area contributed by atoms with Crippen molar-refractivity contribution in [2.45, 2.75) is 37.9 Å². The SMILES string of the molecule is Cl.N[C@@H]1CCC[C@@H](F)C1. The van der Waals surface area contributed by atoms with Crippen molar-refractivity contribution in [3.05, 3.63) is 0 Å². The minimum absolute atomic E-state index is 0. The zero-order valence-electron chi connectivity index (χ0n) is 5.35. The number of nitrogens with two attached hydrogens (primary N) is 1. The zero-order valence-corrected chi connectivity index (χ0v) is 6.16. The first-order valence-electron chi connectivity index (χ1n) is 3.18. The lowest BCUT2D eigenvalue weighted by Gasteiger charge is -2.19. The van der Waals surface area contributed by atoms with Gasteiger partial charge in [-0.15, -0.1) is 12.4 Å². The second-order valence-corrected chi connectivity index (χ2v) is 2.52. The fourth-order valence-electron chi connectivity index (χ4n) is 1.17. The molecule has 0 amide bonds. The Morgan fingerprint density at radius 2 is 2.00 bits per heavy atom. The lowest BCUT2D eigenvalue weighted by atomic mass is 9.95. The highest BCUT2D eigenvalue weighted by Gasteiger charge is 2.17. The molecular formula is C6H13ClFN. The third kappa shape index (κ3) is 3.01. The maximum Gasteiger partial charge on any atom is 0.102 e. The van der Waals surface area contributed by atoms with Crippen molar-refractivity contribution in [3.8, 4) is 0 Å². The highest BCUT2D eigenvalue weighted by Crippen LogP contribution is 2.18. The quantitative estimate of drug-likeness (QED) is 0.563. The Bertz CT molecular complexity index is 71.5. The topological polar surface area (TPSA) is 26.0 Å². The van der Waals surface area contributed by atoms with Gasteiger partial charge in [0.25, 0.3) is 0 Å². The van der Waals surface area contributed by atoms with E-state index in [4.69, 9.17) is 5.73 Å². The van der Waals surface area contributed by atoms with Crippen LogP contribution < -0.4 is 5.73 Å². The fourth-order valence-corrected chi connectivity index (χ4v) is 1.17. The minimum Gasteiger partial charge on any atom is -0.328 e. The summed E-state index contributed by atoms with van der Waals surface area (Å²) >= 11 is 0. The maximum atomic E-state index is 12.4. The van der Waals surface area contributed by atoms with E-state index in [9.17, 15) is 4.39 Å². The normalized spacial score (nSPS) is 35.3. The molecule has 56 valence electrons. The predicted octanol–water partition coefficient (Wildman–Crippen LogP) is 1.65. The van der Waals surface area contributed by atoms with Gasteiger partial charge in [0.1, 0.15) is 6.17 Å². The highest BCUT2D eigenvalue weighted by atomic mass is 35.5. The largest absolute Gasteiger partial charge is 0.328 e. The van der Waals surface area contributed by atoms with E-state index in [-0.39, 0.29) is 18.4 Å². The van der Waals surface area contributed by atoms with Crippen LogP contribution >= 0.6 is 12.4 Å². The van der Waals surface area contributed by atoms with E-state index in [1.165, 1.54) is 0 Å². The van der Waals surface area contributed by atoms with E-state index < -0.39 is 6.17 Å². The van der Waals surface area contributed by atoms with E-state index in [1.807, 2.05) is 0 Å². The average molecular weight is 154 g/mol. The number of alkyl halides is 1. The monoisotopic (exact) mass is 153 g/mol. The van der Waals surface area contributed by atoms with Crippen molar-refractivity contribution in [2.24, 2.45) is 5.73 Å². The smallest absolute Gasteiger partial charge is 0.102 e. The Balaban J connectivity index is 0.000000640. The predicted molar refractivity (Wildman–Crippen MR) is 38.6 cm³/mol. The molecular weight excluding hydrogens is 141 g/mol. The highest BCUT2D eigenvalue weighted by molar-refractivity contribution is 5.85. The standard InChI is InChI=1S/C6H12FN.ClH/c7-5-2-1-3-6(8)4-5;/h5-6H,1-4,8H2;1H/t5-,6-;/m1./s1. The van der Waals surface area contributed by atoms with Crippen molar-refractivity contribution in [3.63, 3.8) is 0 Å². The minimum atomic E-state index is -0.612. The lowest BCUT2D eigenvalue weighted by molar-refractivity contribution is 0.232. The summed E-state index contributed by atoms with van der Waals surface area (Å²) in [6, 6.07) is 0.138. The van der Waals surface area contributed by atoms with Gasteiger partial charge in [0.2, 0.25) is 0 Å². The van der Waals surface area contributed by atoms with Crippen molar-refractivity contribution < 1.29 is 4.39 Å². The molecule has 0 aromatic heterocycles. The number of hydrogen-bond donors (Lipinski definition) is 1. The van der Waals surface area contributed by atoms with Crippen LogP contribution in [0.25, 0.3) is 0 Å². The van der Waals surface area contributed by atoms with E-state index in [0.717, 1.165) is 19.3 Å². The van der Waals surface area contributed by atoms with Crippen LogP contribution in [0.3, 0.4) is 0 Å². The van der Waals surface area contributed by atoms with Gasteiger partial charge < -0.3 is 5.73 Å². The molecule has 2 atom stereocenters. The molecule has 0 radical (unpaired) electrons. The molecule has 1 aliphatic carbocycles. The first-order valence-corrected chi connectivity index (χ1v) is 3.18. The van der Waals surface area contributed by atoms with Gasteiger partial charge in [0, 0.05) is 6.04 Å². The second-order valence-electron chi connectivity index (χ2n) is 2.52. The van der Waals surface area contributed by atoms with Crippen LogP contribution in [-0.4, -0.2) is 12.2 Å². The molecule has 0 unspecified atom stereocenters. The third-order valence-electron chi connectivity index (χ3n) is 1.65. The van der Waals surface area contributed by atoms with Crippen LogP contribution in [0.2, 0.25) is 0 Å². The molecule has 0 saturated heterocycles. The Morgan fingerprint density at radius 3 is 2.33 bits per heavy atom. The van der Waals surface area contributed by atoms with Crippen molar-refractivity contribution >= 4 is 12.4 Å². The molecule has 0 heterocycles. The number of hydrogen-bond acceptors (Lipinski definition) is 1. The third-order valence-corrected chi connectivity index (χ3v) is 1.65. The lowest BCUT2D eigenvalue weighted by Crippen LogP contribution is -2.28. The molecule has 0 aliphatic heterocycles. The molecule has 1 aliphatic rings. The first kappa shape index (κ1) is 9.18. The molecule has 1 saturated carbocycles. The summed E-state index contributed by atoms with van der Waals surface area (Å²) in [4.78, 5) is 0. The van der Waals surface area contributed by atoms with Gasteiger partial charge >= 0.3 is 0 Å². The van der Waals surface area contributed by atoms with Gasteiger partial charge in [0.15, 0.2) is 0 Å². The number of halogens is 2. The van der Waals surface area contributed by atoms with Crippen LogP contribution in [0.1, 0.15) is 25.7 Å². The van der Waals surface area contributed by atoms with Crippen molar-refractivity contribution in [2.75, 3.05) is 0 Å². The molecule has 0 bridgehead atoms. The van der Waals surface area contributed by atoms with Gasteiger partial charge in [-0.25, -0.2) is 4.39 Å². The molecule has 0 spiro atoms. The summed E-state index contributed by atoms with van der Waals surface area (Å²) in [5.74, 6) is 0. The Kier molecular flexibility index (Phi) is 4.15. The van der Waals surface area contributed by atoms with E-state index in [2.05, 4.69) is 0 Å². The summed E-state index contributed by atoms with van der Waals surface area (Å²) in [5, 5.41) is 0. The molecule has 1 fully saturated rings. The van der Waals surface area contributed by atoms with Gasteiger partial charge in [-0.1, -0.05) is 0 Å². The molecule has 9 heavy (non-hydrogen) atoms. The Morgan fingerprint density at radius 1 is 1.33 bits per heavy atom. The molecule has 1 rings (SSSR count). The van der Waals surface area contributed by atoms with Crippen molar-refractivity contribution in [1.82, 2.24) is 0 Å². The van der Waals surface area contributed by atoms with E-state index in [0.29, 0.717) is 6.42 Å². The van der Waals surface area contributed by atoms with Gasteiger partial charge in [-0.05, 0) is 25.7 Å². The fraction of sp³-hybridized carbons (Fsp3) is 1.00. The molecule has 2 N–H and O–H groups in total.